The SMILES string of the molecule is CN=C(NCCCOC1CCOC1)NCCN(C)C(=O)OC(C)(C)C. The van der Waals surface area contributed by atoms with Gasteiger partial charge < -0.3 is 29.7 Å². The van der Waals surface area contributed by atoms with E-state index in [1.54, 1.807) is 19.0 Å². The second kappa shape index (κ2) is 11.1. The van der Waals surface area contributed by atoms with Crippen LogP contribution < -0.4 is 10.6 Å². The minimum atomic E-state index is -0.483. The molecule has 0 spiro atoms. The van der Waals surface area contributed by atoms with Crippen molar-refractivity contribution in [3.8, 4) is 0 Å². The van der Waals surface area contributed by atoms with Crippen molar-refractivity contribution in [1.82, 2.24) is 15.5 Å². The van der Waals surface area contributed by atoms with Crippen LogP contribution in [0.2, 0.25) is 0 Å². The molecule has 8 nitrogen and oxygen atoms in total. The molecule has 1 saturated heterocycles. The minimum absolute atomic E-state index is 0.251. The molecule has 2 N–H and O–H groups in total. The van der Waals surface area contributed by atoms with Crippen LogP contribution in [-0.4, -0.2) is 82.2 Å². The number of hydrogen-bond acceptors (Lipinski definition) is 5. The van der Waals surface area contributed by atoms with Gasteiger partial charge in [-0.2, -0.15) is 0 Å². The molecule has 146 valence electrons. The summed E-state index contributed by atoms with van der Waals surface area (Å²) in [7, 11) is 3.44. The molecule has 0 saturated carbocycles. The molecule has 1 fully saturated rings. The van der Waals surface area contributed by atoms with Gasteiger partial charge in [0.15, 0.2) is 5.96 Å². The number of guanidine groups is 1. The smallest absolute Gasteiger partial charge is 0.410 e. The number of likely N-dealkylation sites (N-methyl/N-ethyl adjacent to an activating group) is 1. The van der Waals surface area contributed by atoms with Crippen LogP contribution in [0.4, 0.5) is 4.79 Å². The highest BCUT2D eigenvalue weighted by molar-refractivity contribution is 5.79. The zero-order valence-corrected chi connectivity index (χ0v) is 16.3. The monoisotopic (exact) mass is 358 g/mol. The molecule has 1 atom stereocenters. The van der Waals surface area contributed by atoms with Crippen LogP contribution >= 0.6 is 0 Å². The Bertz CT molecular complexity index is 417. The molecule has 0 aliphatic carbocycles. The van der Waals surface area contributed by atoms with Crippen LogP contribution in [0.25, 0.3) is 0 Å². The molecule has 25 heavy (non-hydrogen) atoms. The molecule has 8 heteroatoms. The van der Waals surface area contributed by atoms with Crippen molar-refractivity contribution in [1.29, 1.82) is 0 Å². The van der Waals surface area contributed by atoms with E-state index in [4.69, 9.17) is 14.2 Å². The molecule has 0 aromatic rings. The molecule has 1 aliphatic rings. The Balaban J connectivity index is 2.09. The maximum atomic E-state index is 11.9. The number of ether oxygens (including phenoxy) is 3. The van der Waals surface area contributed by atoms with Crippen LogP contribution in [0.1, 0.15) is 33.6 Å². The number of rotatable bonds is 8. The van der Waals surface area contributed by atoms with Gasteiger partial charge >= 0.3 is 6.09 Å². The highest BCUT2D eigenvalue weighted by Crippen LogP contribution is 2.09. The summed E-state index contributed by atoms with van der Waals surface area (Å²) in [6, 6.07) is 0. The average molecular weight is 358 g/mol. The van der Waals surface area contributed by atoms with Crippen LogP contribution in [0.3, 0.4) is 0 Å². The molecule has 1 heterocycles. The highest BCUT2D eigenvalue weighted by Gasteiger charge is 2.19. The van der Waals surface area contributed by atoms with Gasteiger partial charge in [0.1, 0.15) is 5.60 Å². The minimum Gasteiger partial charge on any atom is -0.444 e. The van der Waals surface area contributed by atoms with E-state index in [0.29, 0.717) is 32.3 Å². The second-order valence-corrected chi connectivity index (χ2v) is 7.04. The van der Waals surface area contributed by atoms with E-state index in [2.05, 4.69) is 15.6 Å². The number of nitrogens with zero attached hydrogens (tertiary/aromatic N) is 2. The lowest BCUT2D eigenvalue weighted by Crippen LogP contribution is -2.43. The number of hydrogen-bond donors (Lipinski definition) is 2. The lowest BCUT2D eigenvalue weighted by Gasteiger charge is -2.24. The van der Waals surface area contributed by atoms with E-state index in [1.165, 1.54) is 0 Å². The van der Waals surface area contributed by atoms with Crippen molar-refractivity contribution in [2.24, 2.45) is 4.99 Å². The fraction of sp³-hybridized carbons (Fsp3) is 0.882. The summed E-state index contributed by atoms with van der Waals surface area (Å²) in [6.07, 6.45) is 1.81. The van der Waals surface area contributed by atoms with Gasteiger partial charge in [-0.15, -0.1) is 0 Å². The number of carbonyl (C=O) groups excluding carboxylic acids is 1. The maximum absolute atomic E-state index is 11.9. The summed E-state index contributed by atoms with van der Waals surface area (Å²) in [6.45, 7) is 9.67. The predicted molar refractivity (Wildman–Crippen MR) is 98.0 cm³/mol. The first-order chi connectivity index (χ1) is 11.8. The fourth-order valence-electron chi connectivity index (χ4n) is 2.17. The van der Waals surface area contributed by atoms with Crippen molar-refractivity contribution in [3.05, 3.63) is 0 Å². The molecule has 1 aliphatic heterocycles. The Morgan fingerprint density at radius 3 is 2.64 bits per heavy atom. The zero-order chi connectivity index (χ0) is 18.7. The molecule has 0 aromatic carbocycles. The molecule has 0 radical (unpaired) electrons. The number of amides is 1. The van der Waals surface area contributed by atoms with Gasteiger partial charge in [0.2, 0.25) is 0 Å². The quantitative estimate of drug-likeness (QED) is 0.385. The van der Waals surface area contributed by atoms with Crippen molar-refractivity contribution in [2.45, 2.75) is 45.3 Å². The first kappa shape index (κ1) is 21.5. The Morgan fingerprint density at radius 1 is 1.32 bits per heavy atom. The number of aliphatic imine (C=N–C) groups is 1. The first-order valence-electron chi connectivity index (χ1n) is 8.90. The van der Waals surface area contributed by atoms with Crippen molar-refractivity contribution in [3.63, 3.8) is 0 Å². The molecule has 1 amide bonds. The Kier molecular flexibility index (Phi) is 9.59. The molecular weight excluding hydrogens is 324 g/mol. The van der Waals surface area contributed by atoms with Crippen LogP contribution in [0.5, 0.6) is 0 Å². The lowest BCUT2D eigenvalue weighted by atomic mass is 10.2. The predicted octanol–water partition coefficient (Wildman–Crippen LogP) is 1.21. The summed E-state index contributed by atoms with van der Waals surface area (Å²) in [5.74, 6) is 0.710. The normalized spacial score (nSPS) is 18.1. The Hall–Kier alpha value is -1.54. The Morgan fingerprint density at radius 2 is 2.04 bits per heavy atom. The third-order valence-corrected chi connectivity index (χ3v) is 3.52. The van der Waals surface area contributed by atoms with Crippen molar-refractivity contribution >= 4 is 12.1 Å². The van der Waals surface area contributed by atoms with Gasteiger partial charge in [-0.25, -0.2) is 4.79 Å². The summed E-state index contributed by atoms with van der Waals surface area (Å²) in [4.78, 5) is 17.6. The summed E-state index contributed by atoms with van der Waals surface area (Å²) < 4.78 is 16.3. The lowest BCUT2D eigenvalue weighted by molar-refractivity contribution is 0.0302. The molecule has 0 aromatic heterocycles. The number of carbonyl (C=O) groups is 1. The van der Waals surface area contributed by atoms with E-state index in [1.807, 2.05) is 20.8 Å². The first-order valence-corrected chi connectivity index (χ1v) is 8.90. The van der Waals surface area contributed by atoms with E-state index < -0.39 is 5.60 Å². The van der Waals surface area contributed by atoms with Crippen molar-refractivity contribution in [2.75, 3.05) is 53.6 Å². The van der Waals surface area contributed by atoms with E-state index in [-0.39, 0.29) is 12.2 Å². The van der Waals surface area contributed by atoms with Crippen LogP contribution in [-0.2, 0) is 14.2 Å². The molecular formula is C17H34N4O4. The van der Waals surface area contributed by atoms with Crippen LogP contribution in [0, 0.1) is 0 Å². The van der Waals surface area contributed by atoms with Gasteiger partial charge in [0.25, 0.3) is 0 Å². The largest absolute Gasteiger partial charge is 0.444 e. The summed E-state index contributed by atoms with van der Waals surface area (Å²) >= 11 is 0. The van der Waals surface area contributed by atoms with Gasteiger partial charge in [-0.3, -0.25) is 4.99 Å². The summed E-state index contributed by atoms with van der Waals surface area (Å²) in [5, 5.41) is 6.41. The number of nitrogens with one attached hydrogen (secondary N) is 2. The zero-order valence-electron chi connectivity index (χ0n) is 16.3. The maximum Gasteiger partial charge on any atom is 0.410 e. The highest BCUT2D eigenvalue weighted by atomic mass is 16.6. The molecule has 0 bridgehead atoms. The van der Waals surface area contributed by atoms with Gasteiger partial charge in [0, 0.05) is 46.9 Å². The molecule has 1 rings (SSSR count). The Labute approximate surface area is 151 Å². The van der Waals surface area contributed by atoms with E-state index in [0.717, 1.165) is 26.0 Å². The third kappa shape index (κ3) is 10.1. The van der Waals surface area contributed by atoms with Crippen molar-refractivity contribution < 1.29 is 19.0 Å². The topological polar surface area (TPSA) is 84.4 Å². The third-order valence-electron chi connectivity index (χ3n) is 3.52. The average Bonchev–Trinajstić information content (AvgIpc) is 3.04. The molecule has 1 unspecified atom stereocenters. The summed E-state index contributed by atoms with van der Waals surface area (Å²) in [5.41, 5.74) is -0.483. The van der Waals surface area contributed by atoms with Gasteiger partial charge in [0.05, 0.1) is 12.7 Å². The standard InChI is InChI=1S/C17H34N4O4/c1-17(2,3)25-16(22)21(5)10-9-20-15(18-4)19-8-6-11-24-14-7-12-23-13-14/h14H,6-13H2,1-5H3,(H2,18,19,20). The van der Waals surface area contributed by atoms with Gasteiger partial charge in [-0.1, -0.05) is 0 Å². The van der Waals surface area contributed by atoms with E-state index in [9.17, 15) is 4.79 Å². The van der Waals surface area contributed by atoms with Gasteiger partial charge in [-0.05, 0) is 33.6 Å². The second-order valence-electron chi connectivity index (χ2n) is 7.04. The fourth-order valence-corrected chi connectivity index (χ4v) is 2.17. The van der Waals surface area contributed by atoms with Crippen LogP contribution in [0.15, 0.2) is 4.99 Å². The van der Waals surface area contributed by atoms with E-state index >= 15 is 0 Å².